The summed E-state index contributed by atoms with van der Waals surface area (Å²) in [7, 11) is 0. The van der Waals surface area contributed by atoms with Gasteiger partial charge in [-0.05, 0) is 102 Å². The molecule has 286 valence electrons. The maximum absolute atomic E-state index is 9.76. The first-order valence-electron chi connectivity index (χ1n) is 21.2. The van der Waals surface area contributed by atoms with E-state index in [9.17, 15) is 5.11 Å². The first-order valence-corrected chi connectivity index (χ1v) is 21.2. The van der Waals surface area contributed by atoms with Crippen molar-refractivity contribution in [3.8, 4) is 0 Å². The first-order chi connectivity index (χ1) is 23.6. The Kier molecular flexibility index (Phi) is 21.9. The smallest absolute Gasteiger partial charge is 0.160 e. The Hall–Kier alpha value is -0.820. The molecule has 1 unspecified atom stereocenters. The number of hydrogen-bond acceptors (Lipinski definition) is 6. The van der Waals surface area contributed by atoms with E-state index in [1.807, 2.05) is 0 Å². The summed E-state index contributed by atoms with van der Waals surface area (Å²) in [4.78, 5) is 9.71. The van der Waals surface area contributed by atoms with Gasteiger partial charge in [0.25, 0.3) is 0 Å². The van der Waals surface area contributed by atoms with Gasteiger partial charge in [-0.25, -0.2) is 0 Å². The average molecular weight is 689 g/mol. The summed E-state index contributed by atoms with van der Waals surface area (Å²) in [5, 5.41) is 18.8. The quantitative estimate of drug-likeness (QED) is 0.261. The molecule has 49 heavy (non-hydrogen) atoms. The molecule has 0 amide bonds. The number of nitrogens with zero attached hydrogens (tertiary/aromatic N) is 2. The monoisotopic (exact) mass is 689 g/mol. The van der Waals surface area contributed by atoms with Crippen molar-refractivity contribution in [3.63, 3.8) is 0 Å². The highest BCUT2D eigenvalue weighted by molar-refractivity contribution is 5.66. The Morgan fingerprint density at radius 3 is 1.55 bits per heavy atom. The summed E-state index contributed by atoms with van der Waals surface area (Å²) < 4.78 is 10.0. The molecule has 5 aliphatic carbocycles. The number of aliphatic hydroxyl groups is 2. The van der Waals surface area contributed by atoms with E-state index in [1.54, 1.807) is 0 Å². The lowest BCUT2D eigenvalue weighted by Crippen LogP contribution is -2.42. The summed E-state index contributed by atoms with van der Waals surface area (Å²) >= 11 is 0. The Labute approximate surface area is 303 Å². The fourth-order valence-corrected chi connectivity index (χ4v) is 9.20. The predicted molar refractivity (Wildman–Crippen MR) is 208 cm³/mol. The molecule has 6 nitrogen and oxygen atoms in total. The lowest BCUT2D eigenvalue weighted by molar-refractivity contribution is -0.212. The van der Waals surface area contributed by atoms with Gasteiger partial charge in [0.15, 0.2) is 6.29 Å². The Bertz CT molecular complexity index is 812. The van der Waals surface area contributed by atoms with Crippen LogP contribution in [0.25, 0.3) is 0 Å². The maximum Gasteiger partial charge on any atom is 0.160 e. The van der Waals surface area contributed by atoms with Crippen molar-refractivity contribution in [2.75, 3.05) is 26.4 Å². The molecule has 7 fully saturated rings. The van der Waals surface area contributed by atoms with Crippen LogP contribution >= 0.6 is 0 Å². The third-order valence-corrected chi connectivity index (χ3v) is 12.6. The Balaban J connectivity index is 0.000000189. The second-order valence-electron chi connectivity index (χ2n) is 16.5. The van der Waals surface area contributed by atoms with Gasteiger partial charge in [-0.15, -0.1) is 0 Å². The van der Waals surface area contributed by atoms with Crippen molar-refractivity contribution >= 4 is 12.4 Å². The predicted octanol–water partition coefficient (Wildman–Crippen LogP) is 11.2. The highest BCUT2D eigenvalue weighted by Crippen LogP contribution is 2.45. The second-order valence-corrected chi connectivity index (χ2v) is 16.5. The van der Waals surface area contributed by atoms with E-state index in [4.69, 9.17) is 24.6 Å². The minimum atomic E-state index is -0.466. The zero-order chi connectivity index (χ0) is 33.6. The van der Waals surface area contributed by atoms with Crippen LogP contribution in [0.3, 0.4) is 0 Å². The van der Waals surface area contributed by atoms with E-state index in [0.717, 1.165) is 45.0 Å². The first kappa shape index (κ1) is 42.6. The Morgan fingerprint density at radius 2 is 1.04 bits per heavy atom. The van der Waals surface area contributed by atoms with E-state index < -0.39 is 6.29 Å². The maximum atomic E-state index is 9.76. The molecule has 2 N–H and O–H groups in total. The van der Waals surface area contributed by atoms with Gasteiger partial charge in [0.2, 0.25) is 0 Å². The molecule has 7 aliphatic rings. The van der Waals surface area contributed by atoms with Gasteiger partial charge in [0.1, 0.15) is 0 Å². The molecule has 0 radical (unpaired) electrons. The molecule has 0 aromatic carbocycles. The minimum absolute atomic E-state index is 0. The number of rotatable bonds is 7. The van der Waals surface area contributed by atoms with Gasteiger partial charge >= 0.3 is 0 Å². The molecule has 1 atom stereocenters. The van der Waals surface area contributed by atoms with Crippen LogP contribution < -0.4 is 0 Å². The highest BCUT2D eigenvalue weighted by atomic mass is 16.6. The number of aliphatic hydroxyl groups excluding tert-OH is 2. The van der Waals surface area contributed by atoms with Crippen LogP contribution in [-0.4, -0.2) is 67.4 Å². The molecule has 2 saturated heterocycles. The fraction of sp³-hybridized carbons (Fsp3) is 0.953. The minimum Gasteiger partial charge on any atom is -0.396 e. The van der Waals surface area contributed by atoms with Gasteiger partial charge in [-0.2, -0.15) is 0 Å². The van der Waals surface area contributed by atoms with Crippen LogP contribution in [0.1, 0.15) is 200 Å². The Morgan fingerprint density at radius 1 is 0.571 bits per heavy atom. The van der Waals surface area contributed by atoms with E-state index >= 15 is 0 Å². The third-order valence-electron chi connectivity index (χ3n) is 12.6. The van der Waals surface area contributed by atoms with Crippen LogP contribution in [0.15, 0.2) is 9.98 Å². The van der Waals surface area contributed by atoms with Crippen LogP contribution in [0, 0.1) is 16.7 Å². The van der Waals surface area contributed by atoms with Crippen molar-refractivity contribution in [1.82, 2.24) is 0 Å². The van der Waals surface area contributed by atoms with Crippen molar-refractivity contribution in [2.24, 2.45) is 26.7 Å². The molecule has 7 rings (SSSR count). The largest absolute Gasteiger partial charge is 0.396 e. The molecule has 0 aromatic heterocycles. The second kappa shape index (κ2) is 25.2. The zero-order valence-corrected chi connectivity index (χ0v) is 31.1. The summed E-state index contributed by atoms with van der Waals surface area (Å²) in [5.41, 5.74) is 0.481. The number of aliphatic imine (C=N–C) groups is 2. The normalized spacial score (nSPS) is 27.8. The van der Waals surface area contributed by atoms with Gasteiger partial charge in [0, 0.05) is 61.8 Å². The van der Waals surface area contributed by atoms with Crippen molar-refractivity contribution < 1.29 is 19.7 Å². The van der Waals surface area contributed by atoms with Crippen molar-refractivity contribution in [1.29, 1.82) is 0 Å². The molecule has 6 heteroatoms. The molecule has 2 aliphatic heterocycles. The van der Waals surface area contributed by atoms with Gasteiger partial charge < -0.3 is 19.7 Å². The highest BCUT2D eigenvalue weighted by Gasteiger charge is 2.41. The van der Waals surface area contributed by atoms with Gasteiger partial charge in [-0.3, -0.25) is 9.98 Å². The van der Waals surface area contributed by atoms with Gasteiger partial charge in [0.05, 0.1) is 0 Å². The standard InChI is InChI=1S/C16H29NO.C13H23N.C10H18O2.C3H6O.CH4/c18-13-7-12-16(10-5-2-6-11-16)14-17-15-8-3-1-4-9-15;1-3-7-12(8-4-1)11-14-13-9-5-2-6-10-13;11-9-10(7-4-8-12-9)5-2-1-3-6-10;1-2-4-3-1;/h14-15,18H,1-13H2;11-13H,1-10H2;9,11H,1-8H2;1-3H2;1H4. The van der Waals surface area contributed by atoms with E-state index in [0.29, 0.717) is 24.1 Å². The summed E-state index contributed by atoms with van der Waals surface area (Å²) in [5.74, 6) is 0.825. The molecule has 5 saturated carbocycles. The zero-order valence-electron chi connectivity index (χ0n) is 31.1. The number of hydrogen-bond donors (Lipinski definition) is 2. The SMILES string of the molecule is C.C(=NC1CCCCC1)C1CCCCC1.C1COC1.OC1OCCCC12CCCCC2.OCCCC1(C=NC2CCCCC2)CCCCC1. The van der Waals surface area contributed by atoms with Crippen LogP contribution in [0.5, 0.6) is 0 Å². The molecule has 0 bridgehead atoms. The average Bonchev–Trinajstić information content (AvgIpc) is 3.12. The van der Waals surface area contributed by atoms with Crippen LogP contribution in [-0.2, 0) is 9.47 Å². The van der Waals surface area contributed by atoms with E-state index in [1.165, 1.54) is 173 Å². The molecule has 2 heterocycles. The molecule has 0 aromatic rings. The lowest BCUT2D eigenvalue weighted by atomic mass is 9.70. The van der Waals surface area contributed by atoms with Crippen molar-refractivity contribution in [3.05, 3.63) is 0 Å². The number of ether oxygens (including phenoxy) is 2. The topological polar surface area (TPSA) is 83.6 Å². The van der Waals surface area contributed by atoms with E-state index in [2.05, 4.69) is 12.4 Å². The molecule has 1 spiro atoms. The van der Waals surface area contributed by atoms with Crippen LogP contribution in [0.2, 0.25) is 0 Å². The van der Waals surface area contributed by atoms with Gasteiger partial charge in [-0.1, -0.05) is 104 Å². The molecular formula is C43H80N2O4. The van der Waals surface area contributed by atoms with Crippen molar-refractivity contribution in [2.45, 2.75) is 218 Å². The van der Waals surface area contributed by atoms with Crippen LogP contribution in [0.4, 0.5) is 0 Å². The third kappa shape index (κ3) is 16.2. The summed E-state index contributed by atoms with van der Waals surface area (Å²) in [6.07, 6.45) is 43.6. The lowest BCUT2D eigenvalue weighted by Gasteiger charge is -2.43. The molecular weight excluding hydrogens is 608 g/mol. The fourth-order valence-electron chi connectivity index (χ4n) is 9.20. The summed E-state index contributed by atoms with van der Waals surface area (Å²) in [6.45, 7) is 3.09. The van der Waals surface area contributed by atoms with E-state index in [-0.39, 0.29) is 12.8 Å². The summed E-state index contributed by atoms with van der Waals surface area (Å²) in [6, 6.07) is 1.29.